The summed E-state index contributed by atoms with van der Waals surface area (Å²) in [6, 6.07) is 20.5. The van der Waals surface area contributed by atoms with E-state index in [0.717, 1.165) is 18.8 Å². The zero-order valence-corrected chi connectivity index (χ0v) is 21.9. The van der Waals surface area contributed by atoms with Crippen LogP contribution in [0.2, 0.25) is 0 Å². The summed E-state index contributed by atoms with van der Waals surface area (Å²) in [6.07, 6.45) is -1.35. The number of amides is 1. The molecule has 202 valence electrons. The van der Waals surface area contributed by atoms with Gasteiger partial charge in [0.2, 0.25) is 12.1 Å². The van der Waals surface area contributed by atoms with Gasteiger partial charge >= 0.3 is 0 Å². The van der Waals surface area contributed by atoms with Gasteiger partial charge in [-0.05, 0) is 30.3 Å². The Bertz CT molecular complexity index is 1370. The second kappa shape index (κ2) is 12.8. The summed E-state index contributed by atoms with van der Waals surface area (Å²) in [7, 11) is 0. The van der Waals surface area contributed by atoms with Crippen molar-refractivity contribution in [2.75, 3.05) is 36.5 Å². The highest BCUT2D eigenvalue weighted by Crippen LogP contribution is 2.27. The van der Waals surface area contributed by atoms with Crippen LogP contribution in [0.25, 0.3) is 0 Å². The second-order valence-corrected chi connectivity index (χ2v) is 8.41. The molecule has 0 saturated carbocycles. The highest BCUT2D eigenvalue weighted by atomic mass is 19.1. The van der Waals surface area contributed by atoms with E-state index in [0.29, 0.717) is 35.6 Å². The summed E-state index contributed by atoms with van der Waals surface area (Å²) in [6.45, 7) is 6.95. The first kappa shape index (κ1) is 27.5. The van der Waals surface area contributed by atoms with Crippen LogP contribution in [0.15, 0.2) is 82.8 Å². The molecule has 5 rings (SSSR count). The Hall–Kier alpha value is -4.57. The Morgan fingerprint density at radius 1 is 1.08 bits per heavy atom. The number of carbonyl (C=O) groups excluding carboxylic acids is 1. The van der Waals surface area contributed by atoms with E-state index in [4.69, 9.17) is 20.6 Å². The molecule has 4 N–H and O–H groups in total. The molecule has 3 aromatic carbocycles. The van der Waals surface area contributed by atoms with Crippen molar-refractivity contribution in [2.24, 2.45) is 15.7 Å². The number of nitrogens with one attached hydrogen (secondary N) is 2. The smallest absolute Gasteiger partial charge is 0.291 e. The maximum Gasteiger partial charge on any atom is 0.291 e. The number of benzodiazepines with no additional fused rings is 1. The van der Waals surface area contributed by atoms with Crippen molar-refractivity contribution in [3.05, 3.63) is 95.3 Å². The van der Waals surface area contributed by atoms with Crippen LogP contribution in [-0.4, -0.2) is 56.0 Å². The fraction of sp³-hybridized carbons (Fsp3) is 0.241. The van der Waals surface area contributed by atoms with Gasteiger partial charge in [0, 0.05) is 35.5 Å². The van der Waals surface area contributed by atoms with Crippen LogP contribution < -0.4 is 16.0 Å². The zero-order chi connectivity index (χ0) is 27.8. The summed E-state index contributed by atoms with van der Waals surface area (Å²) in [5, 5.41) is 10.8. The first-order valence-electron chi connectivity index (χ1n) is 12.8. The average Bonchev–Trinajstić information content (AvgIpc) is 3.12. The van der Waals surface area contributed by atoms with E-state index in [1.54, 1.807) is 36.4 Å². The van der Waals surface area contributed by atoms with Gasteiger partial charge in [-0.2, -0.15) is 4.99 Å². The molecule has 0 bridgehead atoms. The minimum absolute atomic E-state index is 0.0143. The van der Waals surface area contributed by atoms with Crippen LogP contribution in [0.3, 0.4) is 0 Å². The van der Waals surface area contributed by atoms with Gasteiger partial charge in [0.1, 0.15) is 5.82 Å². The van der Waals surface area contributed by atoms with Crippen LogP contribution >= 0.6 is 0 Å². The predicted octanol–water partition coefficient (Wildman–Crippen LogP) is 4.16. The summed E-state index contributed by atoms with van der Waals surface area (Å²) in [5.41, 5.74) is 8.97. The zero-order valence-electron chi connectivity index (χ0n) is 21.9. The lowest BCUT2D eigenvalue weighted by atomic mass is 10.0. The Kier molecular flexibility index (Phi) is 9.01. The first-order chi connectivity index (χ1) is 19.0. The maximum absolute atomic E-state index is 14.6. The normalized spacial score (nSPS) is 17.1. The summed E-state index contributed by atoms with van der Waals surface area (Å²) in [5.74, 6) is -1.50. The van der Waals surface area contributed by atoms with E-state index in [9.17, 15) is 9.18 Å². The molecule has 10 heteroatoms. The minimum atomic E-state index is -1.35. The highest BCUT2D eigenvalue weighted by Gasteiger charge is 2.28. The van der Waals surface area contributed by atoms with E-state index < -0.39 is 23.9 Å². The first-order valence-corrected chi connectivity index (χ1v) is 12.8. The van der Waals surface area contributed by atoms with Gasteiger partial charge in [-0.15, -0.1) is 0 Å². The predicted molar refractivity (Wildman–Crippen MR) is 151 cm³/mol. The maximum atomic E-state index is 14.6. The van der Waals surface area contributed by atoms with Gasteiger partial charge < -0.3 is 25.4 Å². The van der Waals surface area contributed by atoms with Gasteiger partial charge in [-0.3, -0.25) is 10.2 Å². The molecule has 1 unspecified atom stereocenters. The van der Waals surface area contributed by atoms with E-state index in [-0.39, 0.29) is 11.6 Å². The fourth-order valence-corrected chi connectivity index (χ4v) is 4.16. The molecule has 0 spiro atoms. The fourth-order valence-electron chi connectivity index (χ4n) is 4.16. The third-order valence-electron chi connectivity index (χ3n) is 6.01. The standard InChI is InChI=1S/C27H25FN6O3.C2H6/c28-21-8-4-7-20-22(17-5-2-1-3-6-17)31-25(26(35)32-23(20)21)33-27(30)37-24(29)18-9-11-19(12-10-18)34-13-15-36-16-14-34;1-2/h1-12,25,29H,13-16H2,(H2,30,33)(H,32,35);1-2H3. The summed E-state index contributed by atoms with van der Waals surface area (Å²) in [4.78, 5) is 23.7. The Balaban J connectivity index is 0.00000172. The Morgan fingerprint density at radius 2 is 1.77 bits per heavy atom. The number of nitrogens with two attached hydrogens (primary N) is 1. The number of nitrogens with zero attached hydrogens (tertiary/aromatic N) is 3. The average molecular weight is 531 g/mol. The number of halogens is 1. The number of para-hydroxylation sites is 1. The topological polar surface area (TPSA) is 125 Å². The van der Waals surface area contributed by atoms with Crippen molar-refractivity contribution >= 4 is 34.9 Å². The number of rotatable bonds is 4. The van der Waals surface area contributed by atoms with E-state index in [2.05, 4.69) is 20.2 Å². The van der Waals surface area contributed by atoms with E-state index in [1.807, 2.05) is 44.2 Å². The summed E-state index contributed by atoms with van der Waals surface area (Å²) >= 11 is 0. The molecule has 1 saturated heterocycles. The van der Waals surface area contributed by atoms with Crippen LogP contribution in [-0.2, 0) is 14.3 Å². The van der Waals surface area contributed by atoms with Gasteiger partial charge in [-0.1, -0.05) is 56.3 Å². The SMILES string of the molecule is CC.N=C(O/C(N)=N/C1N=C(c2ccccc2)c2cccc(F)c2NC1=O)c1ccc(N2CCOCC2)cc1. The van der Waals surface area contributed by atoms with Gasteiger partial charge in [0.25, 0.3) is 11.9 Å². The number of anilines is 2. The molecule has 0 radical (unpaired) electrons. The third kappa shape index (κ3) is 6.47. The number of ether oxygens (including phenoxy) is 2. The third-order valence-corrected chi connectivity index (χ3v) is 6.01. The van der Waals surface area contributed by atoms with Gasteiger partial charge in [-0.25, -0.2) is 9.38 Å². The van der Waals surface area contributed by atoms with Crippen molar-refractivity contribution in [2.45, 2.75) is 20.0 Å². The molecule has 2 heterocycles. The number of hydrogen-bond acceptors (Lipinski definition) is 7. The quantitative estimate of drug-likeness (QED) is 0.345. The number of morpholine rings is 1. The molecule has 1 atom stereocenters. The van der Waals surface area contributed by atoms with Crippen molar-refractivity contribution in [1.82, 2.24) is 0 Å². The lowest BCUT2D eigenvalue weighted by Gasteiger charge is -2.28. The van der Waals surface area contributed by atoms with Gasteiger partial charge in [0.05, 0.1) is 24.6 Å². The minimum Gasteiger partial charge on any atom is -0.407 e. The Morgan fingerprint density at radius 3 is 2.46 bits per heavy atom. The molecule has 1 amide bonds. The largest absolute Gasteiger partial charge is 0.407 e. The lowest BCUT2D eigenvalue weighted by Crippen LogP contribution is -2.36. The monoisotopic (exact) mass is 530 g/mol. The number of benzene rings is 3. The van der Waals surface area contributed by atoms with E-state index >= 15 is 0 Å². The van der Waals surface area contributed by atoms with Crippen molar-refractivity contribution < 1.29 is 18.7 Å². The molecule has 39 heavy (non-hydrogen) atoms. The second-order valence-electron chi connectivity index (χ2n) is 8.41. The number of fused-ring (bicyclic) bond motifs is 1. The molecule has 0 aromatic heterocycles. The van der Waals surface area contributed by atoms with Crippen molar-refractivity contribution in [3.63, 3.8) is 0 Å². The van der Waals surface area contributed by atoms with Crippen LogP contribution in [0.5, 0.6) is 0 Å². The lowest BCUT2D eigenvalue weighted by molar-refractivity contribution is -0.117. The molecule has 1 fully saturated rings. The summed E-state index contributed by atoms with van der Waals surface area (Å²) < 4.78 is 25.4. The number of carbonyl (C=O) groups is 1. The van der Waals surface area contributed by atoms with Crippen LogP contribution in [0.4, 0.5) is 15.8 Å². The number of amidine groups is 1. The van der Waals surface area contributed by atoms with Crippen molar-refractivity contribution in [3.8, 4) is 0 Å². The Labute approximate surface area is 226 Å². The highest BCUT2D eigenvalue weighted by molar-refractivity contribution is 6.19. The van der Waals surface area contributed by atoms with Crippen LogP contribution in [0.1, 0.15) is 30.5 Å². The van der Waals surface area contributed by atoms with Crippen molar-refractivity contribution in [1.29, 1.82) is 5.41 Å². The van der Waals surface area contributed by atoms with Crippen LogP contribution in [0, 0.1) is 11.2 Å². The molecule has 9 nitrogen and oxygen atoms in total. The molecular weight excluding hydrogens is 499 g/mol. The molecule has 3 aromatic rings. The molecule has 0 aliphatic carbocycles. The van der Waals surface area contributed by atoms with Gasteiger partial charge in [0.15, 0.2) is 0 Å². The number of hydrogen-bond donors (Lipinski definition) is 3. The number of aliphatic imine (C=N–C) groups is 2. The van der Waals surface area contributed by atoms with E-state index in [1.165, 1.54) is 6.07 Å². The molecular formula is C29H31FN6O3. The molecule has 2 aliphatic heterocycles. The molecule has 2 aliphatic rings.